The van der Waals surface area contributed by atoms with Crippen molar-refractivity contribution in [3.8, 4) is 5.75 Å². The fourth-order valence-corrected chi connectivity index (χ4v) is 2.02. The van der Waals surface area contributed by atoms with Crippen LogP contribution in [0.2, 0.25) is 0 Å². The molecule has 1 amide bonds. The Labute approximate surface area is 104 Å². The summed E-state index contributed by atoms with van der Waals surface area (Å²) in [5, 5.41) is 11.9. The molecule has 1 aromatic carbocycles. The molecule has 0 saturated carbocycles. The van der Waals surface area contributed by atoms with E-state index in [2.05, 4.69) is 5.32 Å². The first-order valence-corrected chi connectivity index (χ1v) is 7.11. The van der Waals surface area contributed by atoms with Crippen LogP contribution in [0.15, 0.2) is 24.3 Å². The maximum Gasteiger partial charge on any atom is 0.251 e. The van der Waals surface area contributed by atoms with E-state index in [4.69, 9.17) is 5.11 Å². The van der Waals surface area contributed by atoms with Gasteiger partial charge in [-0.05, 0) is 37.6 Å². The van der Waals surface area contributed by atoms with E-state index < -0.39 is 10.8 Å². The van der Waals surface area contributed by atoms with E-state index in [1.165, 1.54) is 12.1 Å². The average Bonchev–Trinajstić information content (AvgIpc) is 2.27. The van der Waals surface area contributed by atoms with E-state index in [1.807, 2.05) is 6.92 Å². The molecule has 2 unspecified atom stereocenters. The van der Waals surface area contributed by atoms with Crippen molar-refractivity contribution in [2.75, 3.05) is 12.0 Å². The van der Waals surface area contributed by atoms with E-state index in [0.717, 1.165) is 0 Å². The predicted octanol–water partition coefficient (Wildman–Crippen LogP) is 1.28. The Morgan fingerprint density at radius 1 is 1.41 bits per heavy atom. The summed E-state index contributed by atoms with van der Waals surface area (Å²) in [6.07, 6.45) is 2.33. The van der Waals surface area contributed by atoms with Crippen molar-refractivity contribution in [2.45, 2.75) is 19.4 Å². The SMILES string of the molecule is CC(CCS(C)=O)NC(=O)c1ccc(O)cc1. The summed E-state index contributed by atoms with van der Waals surface area (Å²) in [4.78, 5) is 11.7. The van der Waals surface area contributed by atoms with Crippen molar-refractivity contribution in [1.82, 2.24) is 5.32 Å². The Morgan fingerprint density at radius 2 is 2.00 bits per heavy atom. The lowest BCUT2D eigenvalue weighted by atomic mass is 10.2. The van der Waals surface area contributed by atoms with Crippen LogP contribution in [0.3, 0.4) is 0 Å². The molecule has 94 valence electrons. The van der Waals surface area contributed by atoms with Gasteiger partial charge in [0.2, 0.25) is 0 Å². The zero-order chi connectivity index (χ0) is 12.8. The fraction of sp³-hybridized carbons (Fsp3) is 0.417. The number of nitrogens with one attached hydrogen (secondary N) is 1. The molecule has 1 rings (SSSR count). The summed E-state index contributed by atoms with van der Waals surface area (Å²) in [5.74, 6) is 0.534. The number of rotatable bonds is 5. The highest BCUT2D eigenvalue weighted by atomic mass is 32.2. The Bertz CT molecular complexity index is 403. The molecule has 0 aliphatic carbocycles. The maximum atomic E-state index is 11.7. The van der Waals surface area contributed by atoms with Crippen LogP contribution in [0.1, 0.15) is 23.7 Å². The van der Waals surface area contributed by atoms with Gasteiger partial charge in [0.05, 0.1) is 0 Å². The monoisotopic (exact) mass is 255 g/mol. The number of aromatic hydroxyl groups is 1. The second-order valence-corrected chi connectivity index (χ2v) is 5.54. The molecule has 4 nitrogen and oxygen atoms in total. The Kier molecular flexibility index (Phi) is 5.15. The third-order valence-corrected chi connectivity index (χ3v) is 3.16. The van der Waals surface area contributed by atoms with Crippen molar-refractivity contribution in [1.29, 1.82) is 0 Å². The lowest BCUT2D eigenvalue weighted by molar-refractivity contribution is 0.0939. The zero-order valence-corrected chi connectivity index (χ0v) is 10.8. The number of carbonyl (C=O) groups is 1. The molecule has 0 spiro atoms. The molecule has 17 heavy (non-hydrogen) atoms. The topological polar surface area (TPSA) is 66.4 Å². The summed E-state index contributed by atoms with van der Waals surface area (Å²) in [6.45, 7) is 1.88. The first kappa shape index (κ1) is 13.7. The highest BCUT2D eigenvalue weighted by Gasteiger charge is 2.09. The van der Waals surface area contributed by atoms with Crippen molar-refractivity contribution >= 4 is 16.7 Å². The van der Waals surface area contributed by atoms with E-state index in [0.29, 0.717) is 17.7 Å². The van der Waals surface area contributed by atoms with Crippen LogP contribution >= 0.6 is 0 Å². The Balaban J connectivity index is 2.48. The van der Waals surface area contributed by atoms with Crippen LogP contribution in [-0.2, 0) is 10.8 Å². The summed E-state index contributed by atoms with van der Waals surface area (Å²) in [5.41, 5.74) is 0.507. The highest BCUT2D eigenvalue weighted by molar-refractivity contribution is 7.84. The van der Waals surface area contributed by atoms with Crippen molar-refractivity contribution in [3.63, 3.8) is 0 Å². The molecule has 0 fully saturated rings. The number of hydrogen-bond donors (Lipinski definition) is 2. The molecular formula is C12H17NO3S. The smallest absolute Gasteiger partial charge is 0.251 e. The molecule has 0 bridgehead atoms. The highest BCUT2D eigenvalue weighted by Crippen LogP contribution is 2.09. The van der Waals surface area contributed by atoms with Gasteiger partial charge in [0.25, 0.3) is 5.91 Å². The minimum absolute atomic E-state index is 0.0137. The Hall–Kier alpha value is -1.36. The number of hydrogen-bond acceptors (Lipinski definition) is 3. The molecule has 2 N–H and O–H groups in total. The van der Waals surface area contributed by atoms with Gasteiger partial charge < -0.3 is 10.4 Å². The van der Waals surface area contributed by atoms with Gasteiger partial charge in [0.15, 0.2) is 0 Å². The second kappa shape index (κ2) is 6.39. The second-order valence-electron chi connectivity index (χ2n) is 3.99. The molecule has 5 heteroatoms. The fourth-order valence-electron chi connectivity index (χ4n) is 1.33. The van der Waals surface area contributed by atoms with Gasteiger partial charge in [-0.25, -0.2) is 0 Å². The Morgan fingerprint density at radius 3 is 2.53 bits per heavy atom. The molecule has 0 aliphatic heterocycles. The molecule has 0 radical (unpaired) electrons. The molecule has 0 aromatic heterocycles. The number of phenols is 1. The van der Waals surface area contributed by atoms with Crippen LogP contribution in [0.25, 0.3) is 0 Å². The van der Waals surface area contributed by atoms with E-state index in [1.54, 1.807) is 18.4 Å². The van der Waals surface area contributed by atoms with Gasteiger partial charge >= 0.3 is 0 Å². The van der Waals surface area contributed by atoms with Crippen molar-refractivity contribution < 1.29 is 14.1 Å². The third-order valence-electron chi connectivity index (χ3n) is 2.35. The summed E-state index contributed by atoms with van der Waals surface area (Å²) in [6, 6.07) is 6.06. The standard InChI is InChI=1S/C12H17NO3S/c1-9(7-8-17(2)16)13-12(15)10-3-5-11(14)6-4-10/h3-6,9,14H,7-8H2,1-2H3,(H,13,15). The van der Waals surface area contributed by atoms with E-state index in [9.17, 15) is 9.00 Å². The lowest BCUT2D eigenvalue weighted by Gasteiger charge is -2.13. The van der Waals surface area contributed by atoms with Crippen LogP contribution < -0.4 is 5.32 Å². The number of amides is 1. The van der Waals surface area contributed by atoms with Gasteiger partial charge in [0.1, 0.15) is 5.75 Å². The molecule has 0 saturated heterocycles. The van der Waals surface area contributed by atoms with Crippen LogP contribution in [0.4, 0.5) is 0 Å². The predicted molar refractivity (Wildman–Crippen MR) is 68.6 cm³/mol. The van der Waals surface area contributed by atoms with Crippen LogP contribution in [0.5, 0.6) is 5.75 Å². The van der Waals surface area contributed by atoms with Gasteiger partial charge in [-0.1, -0.05) is 0 Å². The summed E-state index contributed by atoms with van der Waals surface area (Å²) >= 11 is 0. The molecular weight excluding hydrogens is 238 g/mol. The van der Waals surface area contributed by atoms with Gasteiger partial charge in [-0.2, -0.15) is 0 Å². The van der Waals surface area contributed by atoms with E-state index in [-0.39, 0.29) is 17.7 Å². The summed E-state index contributed by atoms with van der Waals surface area (Å²) < 4.78 is 10.9. The minimum Gasteiger partial charge on any atom is -0.508 e. The normalized spacial score (nSPS) is 14.0. The number of benzene rings is 1. The van der Waals surface area contributed by atoms with Crippen LogP contribution in [0, 0.1) is 0 Å². The molecule has 0 heterocycles. The number of carbonyl (C=O) groups excluding carboxylic acids is 1. The maximum absolute atomic E-state index is 11.7. The van der Waals surface area contributed by atoms with Gasteiger partial charge in [-0.15, -0.1) is 0 Å². The molecule has 1 aromatic rings. The average molecular weight is 255 g/mol. The lowest BCUT2D eigenvalue weighted by Crippen LogP contribution is -2.33. The van der Waals surface area contributed by atoms with Crippen molar-refractivity contribution in [3.05, 3.63) is 29.8 Å². The molecule has 2 atom stereocenters. The van der Waals surface area contributed by atoms with Gasteiger partial charge in [0, 0.05) is 34.4 Å². The zero-order valence-electron chi connectivity index (χ0n) is 9.97. The third kappa shape index (κ3) is 4.99. The van der Waals surface area contributed by atoms with Gasteiger partial charge in [-0.3, -0.25) is 9.00 Å². The largest absolute Gasteiger partial charge is 0.508 e. The van der Waals surface area contributed by atoms with Crippen molar-refractivity contribution in [2.24, 2.45) is 0 Å². The first-order chi connectivity index (χ1) is 7.99. The molecule has 0 aliphatic rings. The minimum atomic E-state index is -0.833. The first-order valence-electron chi connectivity index (χ1n) is 5.39. The van der Waals surface area contributed by atoms with Crippen LogP contribution in [-0.4, -0.2) is 33.3 Å². The van der Waals surface area contributed by atoms with E-state index >= 15 is 0 Å². The number of phenolic OH excluding ortho intramolecular Hbond substituents is 1. The quantitative estimate of drug-likeness (QED) is 0.833. The summed E-state index contributed by atoms with van der Waals surface area (Å²) in [7, 11) is -0.833.